The van der Waals surface area contributed by atoms with Crippen LogP contribution < -0.4 is 16.6 Å². The third kappa shape index (κ3) is 2.87. The molecule has 0 aliphatic carbocycles. The van der Waals surface area contributed by atoms with Gasteiger partial charge in [-0.2, -0.15) is 0 Å². The molecule has 1 aromatic carbocycles. The second-order valence-electron chi connectivity index (χ2n) is 3.80. The van der Waals surface area contributed by atoms with Gasteiger partial charge in [-0.3, -0.25) is 20.8 Å². The minimum atomic E-state index is -0.588. The summed E-state index contributed by atoms with van der Waals surface area (Å²) >= 11 is 0. The molecule has 2 rings (SSSR count). The highest BCUT2D eigenvalue weighted by Crippen LogP contribution is 2.24. The zero-order valence-corrected chi connectivity index (χ0v) is 10.2. The SMILES string of the molecule is NNc1cc(C(=O)Nc2ccccn2)ccc1[N+](=O)[O-]. The molecular weight excluding hydrogens is 262 g/mol. The zero-order valence-electron chi connectivity index (χ0n) is 10.2. The number of benzene rings is 1. The molecule has 20 heavy (non-hydrogen) atoms. The van der Waals surface area contributed by atoms with Gasteiger partial charge < -0.3 is 10.7 Å². The number of nitrogen functional groups attached to an aromatic ring is 1. The van der Waals surface area contributed by atoms with E-state index in [1.54, 1.807) is 18.2 Å². The third-order valence-electron chi connectivity index (χ3n) is 2.52. The Bertz CT molecular complexity index is 645. The first-order valence-electron chi connectivity index (χ1n) is 5.59. The number of nitrogens with zero attached hydrogens (tertiary/aromatic N) is 2. The van der Waals surface area contributed by atoms with Crippen LogP contribution in [0.2, 0.25) is 0 Å². The molecule has 0 unspecified atom stereocenters. The van der Waals surface area contributed by atoms with Crippen molar-refractivity contribution in [2.75, 3.05) is 10.7 Å². The van der Waals surface area contributed by atoms with E-state index in [2.05, 4.69) is 15.7 Å². The average molecular weight is 273 g/mol. The molecule has 0 spiro atoms. The van der Waals surface area contributed by atoms with Crippen molar-refractivity contribution in [2.24, 2.45) is 5.84 Å². The van der Waals surface area contributed by atoms with Crippen molar-refractivity contribution in [3.8, 4) is 0 Å². The highest BCUT2D eigenvalue weighted by Gasteiger charge is 2.16. The van der Waals surface area contributed by atoms with Gasteiger partial charge in [-0.15, -0.1) is 0 Å². The van der Waals surface area contributed by atoms with E-state index < -0.39 is 10.8 Å². The molecule has 0 saturated carbocycles. The van der Waals surface area contributed by atoms with Gasteiger partial charge in [0.25, 0.3) is 11.6 Å². The number of pyridine rings is 1. The van der Waals surface area contributed by atoms with Crippen LogP contribution in [0.5, 0.6) is 0 Å². The smallest absolute Gasteiger partial charge is 0.293 e. The third-order valence-corrected chi connectivity index (χ3v) is 2.52. The number of nitrogens with one attached hydrogen (secondary N) is 2. The summed E-state index contributed by atoms with van der Waals surface area (Å²) in [5, 5.41) is 13.3. The van der Waals surface area contributed by atoms with Crippen molar-refractivity contribution in [1.29, 1.82) is 0 Å². The summed E-state index contributed by atoms with van der Waals surface area (Å²) in [5.74, 6) is 5.16. The number of nitro benzene ring substituents is 1. The minimum absolute atomic E-state index is 0.0590. The first-order valence-corrected chi connectivity index (χ1v) is 5.59. The van der Waals surface area contributed by atoms with E-state index >= 15 is 0 Å². The Morgan fingerprint density at radius 3 is 2.70 bits per heavy atom. The summed E-state index contributed by atoms with van der Waals surface area (Å²) < 4.78 is 0. The average Bonchev–Trinajstić information content (AvgIpc) is 2.47. The molecule has 0 atom stereocenters. The number of amides is 1. The van der Waals surface area contributed by atoms with Crippen molar-refractivity contribution >= 4 is 23.1 Å². The molecular formula is C12H11N5O3. The van der Waals surface area contributed by atoms with Crippen LogP contribution in [0.25, 0.3) is 0 Å². The molecule has 0 aliphatic rings. The Morgan fingerprint density at radius 1 is 1.30 bits per heavy atom. The quantitative estimate of drug-likeness (QED) is 0.441. The van der Waals surface area contributed by atoms with Gasteiger partial charge in [0, 0.05) is 17.8 Å². The lowest BCUT2D eigenvalue weighted by Crippen LogP contribution is -2.15. The van der Waals surface area contributed by atoms with Gasteiger partial charge in [0.05, 0.1) is 4.92 Å². The highest BCUT2D eigenvalue weighted by atomic mass is 16.6. The Morgan fingerprint density at radius 2 is 2.10 bits per heavy atom. The predicted molar refractivity (Wildman–Crippen MR) is 73.1 cm³/mol. The maximum Gasteiger partial charge on any atom is 0.293 e. The molecule has 8 heteroatoms. The van der Waals surface area contributed by atoms with Crippen LogP contribution in [0.3, 0.4) is 0 Å². The van der Waals surface area contributed by atoms with Crippen molar-refractivity contribution in [3.05, 3.63) is 58.3 Å². The lowest BCUT2D eigenvalue weighted by Gasteiger charge is -2.06. The van der Waals surface area contributed by atoms with E-state index in [1.807, 2.05) is 0 Å². The number of aromatic nitrogens is 1. The maximum atomic E-state index is 12.0. The van der Waals surface area contributed by atoms with E-state index in [4.69, 9.17) is 5.84 Å². The Labute approximate surface area is 113 Å². The standard InChI is InChI=1S/C12H11N5O3/c13-16-9-7-8(4-5-10(9)17(19)20)12(18)15-11-3-1-2-6-14-11/h1-7,16H,13H2,(H,14,15,18). The fraction of sp³-hybridized carbons (Fsp3) is 0. The molecule has 1 amide bonds. The van der Waals surface area contributed by atoms with Crippen LogP contribution in [0, 0.1) is 10.1 Å². The maximum absolute atomic E-state index is 12.0. The van der Waals surface area contributed by atoms with Crippen molar-refractivity contribution < 1.29 is 9.72 Å². The van der Waals surface area contributed by atoms with Gasteiger partial charge in [-0.25, -0.2) is 4.98 Å². The van der Waals surface area contributed by atoms with Crippen molar-refractivity contribution in [3.63, 3.8) is 0 Å². The number of carbonyl (C=O) groups is 1. The molecule has 0 aliphatic heterocycles. The number of nitro groups is 1. The second-order valence-corrected chi connectivity index (χ2v) is 3.80. The van der Waals surface area contributed by atoms with Crippen LogP contribution in [0.15, 0.2) is 42.6 Å². The minimum Gasteiger partial charge on any atom is -0.318 e. The Kier molecular flexibility index (Phi) is 3.87. The monoisotopic (exact) mass is 273 g/mol. The first-order chi connectivity index (χ1) is 9.61. The number of carbonyl (C=O) groups excluding carboxylic acids is 1. The van der Waals surface area contributed by atoms with Crippen molar-refractivity contribution in [2.45, 2.75) is 0 Å². The van der Waals surface area contributed by atoms with Gasteiger partial charge in [-0.1, -0.05) is 6.07 Å². The molecule has 0 fully saturated rings. The number of rotatable bonds is 4. The van der Waals surface area contributed by atoms with Crippen LogP contribution in [0.1, 0.15) is 10.4 Å². The van der Waals surface area contributed by atoms with Gasteiger partial charge in [0.15, 0.2) is 0 Å². The normalized spacial score (nSPS) is 9.85. The van der Waals surface area contributed by atoms with Crippen LogP contribution in [-0.2, 0) is 0 Å². The number of nitrogens with two attached hydrogens (primary N) is 1. The van der Waals surface area contributed by atoms with Crippen LogP contribution in [-0.4, -0.2) is 15.8 Å². The topological polar surface area (TPSA) is 123 Å². The molecule has 102 valence electrons. The van der Waals surface area contributed by atoms with Gasteiger partial charge in [0.1, 0.15) is 11.5 Å². The molecule has 0 radical (unpaired) electrons. The van der Waals surface area contributed by atoms with Gasteiger partial charge in [0.2, 0.25) is 0 Å². The summed E-state index contributed by atoms with van der Waals surface area (Å²) in [5.41, 5.74) is 2.28. The van der Waals surface area contributed by atoms with Crippen molar-refractivity contribution in [1.82, 2.24) is 4.98 Å². The molecule has 8 nitrogen and oxygen atoms in total. The number of hydrogen-bond donors (Lipinski definition) is 3. The lowest BCUT2D eigenvalue weighted by molar-refractivity contribution is -0.384. The second kappa shape index (κ2) is 5.76. The summed E-state index contributed by atoms with van der Waals surface area (Å²) in [6, 6.07) is 8.94. The van der Waals surface area contributed by atoms with Gasteiger partial charge >= 0.3 is 0 Å². The van der Waals surface area contributed by atoms with Gasteiger partial charge in [-0.05, 0) is 24.3 Å². The zero-order chi connectivity index (χ0) is 14.5. The van der Waals surface area contributed by atoms with E-state index in [0.29, 0.717) is 5.82 Å². The largest absolute Gasteiger partial charge is 0.318 e. The molecule has 0 saturated heterocycles. The fourth-order valence-corrected chi connectivity index (χ4v) is 1.58. The van der Waals surface area contributed by atoms with E-state index in [-0.39, 0.29) is 16.9 Å². The summed E-state index contributed by atoms with van der Waals surface area (Å²) in [6.07, 6.45) is 1.54. The van der Waals surface area contributed by atoms with E-state index in [0.717, 1.165) is 0 Å². The van der Waals surface area contributed by atoms with Crippen LogP contribution >= 0.6 is 0 Å². The molecule has 2 aromatic rings. The predicted octanol–water partition coefficient (Wildman–Crippen LogP) is 1.53. The summed E-state index contributed by atoms with van der Waals surface area (Å²) in [6.45, 7) is 0. The number of hydrazine groups is 1. The molecule has 1 heterocycles. The van der Waals surface area contributed by atoms with E-state index in [9.17, 15) is 14.9 Å². The number of hydrogen-bond acceptors (Lipinski definition) is 6. The summed E-state index contributed by atoms with van der Waals surface area (Å²) in [4.78, 5) is 26.1. The Balaban J connectivity index is 2.25. The molecule has 0 bridgehead atoms. The number of anilines is 2. The highest BCUT2D eigenvalue weighted by molar-refractivity contribution is 6.04. The van der Waals surface area contributed by atoms with Crippen LogP contribution in [0.4, 0.5) is 17.2 Å². The summed E-state index contributed by atoms with van der Waals surface area (Å²) in [7, 11) is 0. The Hall–Kier alpha value is -3.00. The molecule has 1 aromatic heterocycles. The lowest BCUT2D eigenvalue weighted by atomic mass is 10.1. The first kappa shape index (κ1) is 13.4. The van der Waals surface area contributed by atoms with E-state index in [1.165, 1.54) is 24.4 Å². The fourth-order valence-electron chi connectivity index (χ4n) is 1.58. The molecule has 4 N–H and O–H groups in total.